The van der Waals surface area contributed by atoms with Crippen molar-refractivity contribution in [3.05, 3.63) is 12.3 Å². The highest BCUT2D eigenvalue weighted by atomic mass is 16.5. The minimum Gasteiger partial charge on any atom is -0.467 e. The van der Waals surface area contributed by atoms with E-state index < -0.39 is 0 Å². The maximum absolute atomic E-state index is 11.5. The van der Waals surface area contributed by atoms with Crippen LogP contribution in [0.15, 0.2) is 12.3 Å². The van der Waals surface area contributed by atoms with Gasteiger partial charge in [-0.2, -0.15) is 0 Å². The molecule has 16 heavy (non-hydrogen) atoms. The van der Waals surface area contributed by atoms with Crippen LogP contribution in [0.1, 0.15) is 47.5 Å². The van der Waals surface area contributed by atoms with E-state index in [9.17, 15) is 4.79 Å². The van der Waals surface area contributed by atoms with Gasteiger partial charge in [0, 0.05) is 12.2 Å². The molecule has 0 bridgehead atoms. The Bertz CT molecular complexity index is 202. The summed E-state index contributed by atoms with van der Waals surface area (Å²) in [5.74, 6) is -0.177. The summed E-state index contributed by atoms with van der Waals surface area (Å²) >= 11 is 0. The maximum atomic E-state index is 11.5. The molecular weight excluding hydrogens is 202 g/mol. The zero-order chi connectivity index (χ0) is 13.1. The number of hydrogen-bond acceptors (Lipinski definition) is 3. The van der Waals surface area contributed by atoms with Crippen LogP contribution in [0.2, 0.25) is 0 Å². The lowest BCUT2D eigenvalue weighted by Gasteiger charge is -2.30. The molecule has 1 unspecified atom stereocenters. The lowest BCUT2D eigenvalue weighted by molar-refractivity contribution is -0.146. The van der Waals surface area contributed by atoms with Gasteiger partial charge < -0.3 is 9.64 Å². The summed E-state index contributed by atoms with van der Waals surface area (Å²) in [5.41, 5.74) is 0.920. The summed E-state index contributed by atoms with van der Waals surface area (Å²) in [7, 11) is 1.42. The molecule has 0 heterocycles. The summed E-state index contributed by atoms with van der Waals surface area (Å²) in [6, 6.07) is -0.183. The van der Waals surface area contributed by atoms with E-state index in [0.29, 0.717) is 0 Å². The SMILES string of the molecule is C=C(C)N(CCC)C(CC)C(=O)OC.CC. The van der Waals surface area contributed by atoms with Crippen LogP contribution in [-0.2, 0) is 9.53 Å². The molecule has 3 nitrogen and oxygen atoms in total. The third-order valence-electron chi connectivity index (χ3n) is 2.19. The number of carbonyl (C=O) groups excluding carboxylic acids is 1. The van der Waals surface area contributed by atoms with E-state index in [4.69, 9.17) is 4.74 Å². The Kier molecular flexibility index (Phi) is 11.5. The second-order valence-electron chi connectivity index (χ2n) is 3.38. The molecule has 0 fully saturated rings. The second-order valence-corrected chi connectivity index (χ2v) is 3.38. The number of methoxy groups -OCH3 is 1. The Morgan fingerprint density at radius 3 is 2.12 bits per heavy atom. The van der Waals surface area contributed by atoms with Crippen LogP contribution in [0.5, 0.6) is 0 Å². The highest BCUT2D eigenvalue weighted by Gasteiger charge is 2.23. The third kappa shape index (κ3) is 5.79. The maximum Gasteiger partial charge on any atom is 0.328 e. The molecule has 0 aromatic carbocycles. The van der Waals surface area contributed by atoms with Crippen molar-refractivity contribution in [2.24, 2.45) is 0 Å². The molecule has 0 aliphatic heterocycles. The van der Waals surface area contributed by atoms with Crippen LogP contribution in [0.4, 0.5) is 0 Å². The van der Waals surface area contributed by atoms with Gasteiger partial charge in [-0.15, -0.1) is 0 Å². The van der Waals surface area contributed by atoms with E-state index in [1.54, 1.807) is 0 Å². The number of carbonyl (C=O) groups is 1. The topological polar surface area (TPSA) is 29.5 Å². The molecule has 0 aliphatic rings. The van der Waals surface area contributed by atoms with Crippen molar-refractivity contribution in [3.8, 4) is 0 Å². The van der Waals surface area contributed by atoms with Gasteiger partial charge in [-0.3, -0.25) is 0 Å². The second kappa shape index (κ2) is 10.5. The standard InChI is InChI=1S/C11H21NO2.C2H6/c1-6-8-12(9(3)4)10(7-2)11(13)14-5;1-2/h10H,3,6-8H2,1-2,4-5H3;1-2H3. The van der Waals surface area contributed by atoms with Gasteiger partial charge in [0.25, 0.3) is 0 Å². The van der Waals surface area contributed by atoms with Crippen LogP contribution in [0.25, 0.3) is 0 Å². The smallest absolute Gasteiger partial charge is 0.328 e. The normalized spacial score (nSPS) is 10.9. The summed E-state index contributed by atoms with van der Waals surface area (Å²) in [6.45, 7) is 14.7. The number of allylic oxidation sites excluding steroid dienone is 1. The van der Waals surface area contributed by atoms with Crippen molar-refractivity contribution in [2.45, 2.75) is 53.5 Å². The lowest BCUT2D eigenvalue weighted by atomic mass is 10.1. The van der Waals surface area contributed by atoms with Crippen molar-refractivity contribution >= 4 is 5.97 Å². The number of ether oxygens (including phenoxy) is 1. The fraction of sp³-hybridized carbons (Fsp3) is 0.769. The first-order valence-corrected chi connectivity index (χ1v) is 6.08. The van der Waals surface area contributed by atoms with Gasteiger partial charge >= 0.3 is 5.97 Å². The zero-order valence-electron chi connectivity index (χ0n) is 11.7. The minimum atomic E-state index is -0.183. The highest BCUT2D eigenvalue weighted by Crippen LogP contribution is 2.12. The molecule has 0 N–H and O–H groups in total. The molecule has 1 atom stereocenters. The Balaban J connectivity index is 0. The summed E-state index contributed by atoms with van der Waals surface area (Å²) in [4.78, 5) is 13.5. The van der Waals surface area contributed by atoms with E-state index in [2.05, 4.69) is 13.5 Å². The van der Waals surface area contributed by atoms with E-state index in [1.807, 2.05) is 32.6 Å². The van der Waals surface area contributed by atoms with Crippen molar-refractivity contribution < 1.29 is 9.53 Å². The Morgan fingerprint density at radius 2 is 1.88 bits per heavy atom. The van der Waals surface area contributed by atoms with Crippen LogP contribution < -0.4 is 0 Å². The van der Waals surface area contributed by atoms with E-state index in [-0.39, 0.29) is 12.0 Å². The number of rotatable bonds is 6. The Labute approximate surface area is 100 Å². The molecule has 0 aliphatic carbocycles. The first-order valence-electron chi connectivity index (χ1n) is 6.08. The molecular formula is C13H27NO2. The highest BCUT2D eigenvalue weighted by molar-refractivity contribution is 5.75. The minimum absolute atomic E-state index is 0.177. The van der Waals surface area contributed by atoms with Gasteiger partial charge in [-0.05, 0) is 19.8 Å². The summed E-state index contributed by atoms with van der Waals surface area (Å²) in [5, 5.41) is 0. The van der Waals surface area contributed by atoms with Crippen LogP contribution in [0.3, 0.4) is 0 Å². The molecule has 0 radical (unpaired) electrons. The lowest BCUT2D eigenvalue weighted by Crippen LogP contribution is -2.40. The number of nitrogens with zero attached hydrogens (tertiary/aromatic N) is 1. The monoisotopic (exact) mass is 229 g/mol. The van der Waals surface area contributed by atoms with Crippen LogP contribution >= 0.6 is 0 Å². The van der Waals surface area contributed by atoms with Crippen LogP contribution in [0, 0.1) is 0 Å². The average molecular weight is 229 g/mol. The largest absolute Gasteiger partial charge is 0.467 e. The van der Waals surface area contributed by atoms with Gasteiger partial charge in [0.15, 0.2) is 0 Å². The van der Waals surface area contributed by atoms with E-state index >= 15 is 0 Å². The molecule has 0 amide bonds. The predicted octanol–water partition coefficient (Wildman–Crippen LogP) is 3.21. The Hall–Kier alpha value is -0.990. The predicted molar refractivity (Wildman–Crippen MR) is 69.3 cm³/mol. The van der Waals surface area contributed by atoms with Crippen molar-refractivity contribution in [2.75, 3.05) is 13.7 Å². The molecule has 3 heteroatoms. The van der Waals surface area contributed by atoms with Crippen molar-refractivity contribution in [3.63, 3.8) is 0 Å². The molecule has 96 valence electrons. The van der Waals surface area contributed by atoms with Gasteiger partial charge in [0.1, 0.15) is 6.04 Å². The molecule has 0 spiro atoms. The first-order chi connectivity index (χ1) is 7.58. The molecule has 0 saturated carbocycles. The van der Waals surface area contributed by atoms with E-state index in [1.165, 1.54) is 7.11 Å². The average Bonchev–Trinajstić information content (AvgIpc) is 2.30. The fourth-order valence-electron chi connectivity index (χ4n) is 1.50. The molecule has 0 aromatic heterocycles. The quantitative estimate of drug-likeness (QED) is 0.655. The number of esters is 1. The number of hydrogen-bond donors (Lipinski definition) is 0. The summed E-state index contributed by atoms with van der Waals surface area (Å²) < 4.78 is 4.76. The molecule has 0 aromatic rings. The van der Waals surface area contributed by atoms with E-state index in [0.717, 1.165) is 25.1 Å². The molecule has 0 rings (SSSR count). The summed E-state index contributed by atoms with van der Waals surface area (Å²) in [6.07, 6.45) is 1.75. The molecule has 0 saturated heterocycles. The first kappa shape index (κ1) is 17.4. The zero-order valence-corrected chi connectivity index (χ0v) is 11.7. The van der Waals surface area contributed by atoms with Gasteiger partial charge in [-0.25, -0.2) is 4.79 Å². The van der Waals surface area contributed by atoms with Crippen LogP contribution in [-0.4, -0.2) is 30.6 Å². The van der Waals surface area contributed by atoms with Crippen molar-refractivity contribution in [1.29, 1.82) is 0 Å². The Morgan fingerprint density at radius 1 is 1.38 bits per heavy atom. The third-order valence-corrected chi connectivity index (χ3v) is 2.19. The van der Waals surface area contributed by atoms with Gasteiger partial charge in [0.2, 0.25) is 0 Å². The van der Waals surface area contributed by atoms with Gasteiger partial charge in [0.05, 0.1) is 7.11 Å². The van der Waals surface area contributed by atoms with Crippen molar-refractivity contribution in [1.82, 2.24) is 4.90 Å². The fourth-order valence-corrected chi connectivity index (χ4v) is 1.50. The van der Waals surface area contributed by atoms with Gasteiger partial charge in [-0.1, -0.05) is 34.3 Å².